The van der Waals surface area contributed by atoms with Gasteiger partial charge in [-0.05, 0) is 47.1 Å². The van der Waals surface area contributed by atoms with E-state index in [1.165, 1.54) is 0 Å². The Morgan fingerprint density at radius 1 is 1.00 bits per heavy atom. The van der Waals surface area contributed by atoms with Gasteiger partial charge >= 0.3 is 0 Å². The molecule has 1 aromatic heterocycles. The minimum absolute atomic E-state index is 0.188. The molecule has 5 nitrogen and oxygen atoms in total. The lowest BCUT2D eigenvalue weighted by molar-refractivity contribution is -0.481. The fraction of sp³-hybridized carbons (Fsp3) is 0.0870. The maximum atomic E-state index is 11.5. The Kier molecular flexibility index (Phi) is 5.29. The molecule has 4 rings (SSSR count). The molecule has 0 radical (unpaired) electrons. The summed E-state index contributed by atoms with van der Waals surface area (Å²) >= 11 is 4.67. The monoisotopic (exact) mass is 399 g/mol. The summed E-state index contributed by atoms with van der Waals surface area (Å²) in [4.78, 5) is 18.8. The molecule has 0 aliphatic heterocycles. The third-order valence-corrected chi connectivity index (χ3v) is 5.05. The summed E-state index contributed by atoms with van der Waals surface area (Å²) in [5.41, 5.74) is 5.31. The Labute approximate surface area is 172 Å². The molecule has 142 valence electrons. The highest BCUT2D eigenvalue weighted by Crippen LogP contribution is 2.39. The lowest BCUT2D eigenvalue weighted by atomic mass is 9.87. The van der Waals surface area contributed by atoms with Crippen molar-refractivity contribution in [2.24, 2.45) is 4.99 Å². The van der Waals surface area contributed by atoms with Crippen molar-refractivity contribution in [3.8, 4) is 11.3 Å². The van der Waals surface area contributed by atoms with E-state index in [0.717, 1.165) is 33.3 Å². The van der Waals surface area contributed by atoms with Crippen molar-refractivity contribution >= 4 is 34.0 Å². The SMILES string of the molecule is O=[N+]([O-])CC(c1ccccc1)c1c(-c2ccc(N=C=S)cc2)[nH]c2ccccc12. The summed E-state index contributed by atoms with van der Waals surface area (Å²) in [6.07, 6.45) is 0. The quantitative estimate of drug-likeness (QED) is 0.188. The van der Waals surface area contributed by atoms with Crippen LogP contribution in [-0.2, 0) is 0 Å². The first-order chi connectivity index (χ1) is 14.2. The number of isothiocyanates is 1. The van der Waals surface area contributed by atoms with Gasteiger partial charge in [-0.25, -0.2) is 0 Å². The molecule has 0 spiro atoms. The molecule has 29 heavy (non-hydrogen) atoms. The molecule has 0 aliphatic carbocycles. The standard InChI is InChI=1S/C23H17N3O2S/c27-26(28)14-20(16-6-2-1-3-7-16)22-19-8-4-5-9-21(19)25-23(22)17-10-12-18(13-11-17)24-15-29/h1-13,20,25H,14H2. The number of aromatic amines is 1. The van der Waals surface area contributed by atoms with Crippen LogP contribution in [0.15, 0.2) is 83.9 Å². The van der Waals surface area contributed by atoms with E-state index in [1.54, 1.807) is 0 Å². The zero-order valence-corrected chi connectivity index (χ0v) is 16.2. The zero-order valence-electron chi connectivity index (χ0n) is 15.4. The molecule has 3 aromatic carbocycles. The molecule has 1 N–H and O–H groups in total. The summed E-state index contributed by atoms with van der Waals surface area (Å²) < 4.78 is 0. The molecule has 0 fully saturated rings. The molecule has 1 heterocycles. The molecule has 0 saturated carbocycles. The number of para-hydroxylation sites is 1. The number of thiocarbonyl (C=S) groups is 1. The molecule has 0 amide bonds. The number of nitrogens with zero attached hydrogens (tertiary/aromatic N) is 2. The normalized spacial score (nSPS) is 11.7. The minimum atomic E-state index is -0.379. The third kappa shape index (κ3) is 3.85. The number of rotatable bonds is 6. The fourth-order valence-electron chi connectivity index (χ4n) is 3.71. The second kappa shape index (κ2) is 8.19. The highest BCUT2D eigenvalue weighted by Gasteiger charge is 2.27. The smallest absolute Gasteiger partial charge is 0.214 e. The van der Waals surface area contributed by atoms with Gasteiger partial charge in [0.15, 0.2) is 0 Å². The number of nitrogens with one attached hydrogen (secondary N) is 1. The van der Waals surface area contributed by atoms with Crippen LogP contribution in [0.2, 0.25) is 0 Å². The number of fused-ring (bicyclic) bond motifs is 1. The van der Waals surface area contributed by atoms with Gasteiger partial charge in [0.05, 0.1) is 22.5 Å². The first-order valence-corrected chi connectivity index (χ1v) is 9.54. The number of aromatic nitrogens is 1. The molecular formula is C23H17N3O2S. The average Bonchev–Trinajstić information content (AvgIpc) is 3.13. The van der Waals surface area contributed by atoms with Gasteiger partial charge in [0.2, 0.25) is 6.54 Å². The Bertz CT molecular complexity index is 1210. The van der Waals surface area contributed by atoms with Crippen LogP contribution in [0.3, 0.4) is 0 Å². The van der Waals surface area contributed by atoms with Crippen molar-refractivity contribution < 1.29 is 4.92 Å². The molecule has 1 unspecified atom stereocenters. The number of hydrogen-bond donors (Lipinski definition) is 1. The predicted octanol–water partition coefficient (Wildman–Crippen LogP) is 5.98. The van der Waals surface area contributed by atoms with E-state index in [0.29, 0.717) is 5.69 Å². The van der Waals surface area contributed by atoms with Crippen LogP contribution >= 0.6 is 12.2 Å². The second-order valence-electron chi connectivity index (χ2n) is 6.69. The van der Waals surface area contributed by atoms with Crippen molar-refractivity contribution in [3.05, 3.63) is 100 Å². The average molecular weight is 399 g/mol. The van der Waals surface area contributed by atoms with Crippen molar-refractivity contribution in [2.45, 2.75) is 5.92 Å². The van der Waals surface area contributed by atoms with Crippen molar-refractivity contribution in [1.82, 2.24) is 4.98 Å². The van der Waals surface area contributed by atoms with Crippen LogP contribution in [0.25, 0.3) is 22.2 Å². The Morgan fingerprint density at radius 2 is 1.69 bits per heavy atom. The van der Waals surface area contributed by atoms with Gasteiger partial charge in [-0.1, -0.05) is 60.7 Å². The van der Waals surface area contributed by atoms with Gasteiger partial charge in [0.25, 0.3) is 0 Å². The van der Waals surface area contributed by atoms with Crippen molar-refractivity contribution in [1.29, 1.82) is 0 Å². The Morgan fingerprint density at radius 3 is 2.38 bits per heavy atom. The van der Waals surface area contributed by atoms with Gasteiger partial charge in [-0.15, -0.1) is 0 Å². The maximum absolute atomic E-state index is 11.5. The number of aliphatic imine (C=N–C) groups is 1. The van der Waals surface area contributed by atoms with E-state index < -0.39 is 0 Å². The minimum Gasteiger partial charge on any atom is -0.354 e. The van der Waals surface area contributed by atoms with Crippen LogP contribution in [0, 0.1) is 10.1 Å². The van der Waals surface area contributed by atoms with E-state index in [9.17, 15) is 10.1 Å². The van der Waals surface area contributed by atoms with Gasteiger partial charge in [0.1, 0.15) is 0 Å². The second-order valence-corrected chi connectivity index (χ2v) is 6.87. The first-order valence-electron chi connectivity index (χ1n) is 9.13. The van der Waals surface area contributed by atoms with Crippen LogP contribution in [0.4, 0.5) is 5.69 Å². The van der Waals surface area contributed by atoms with Gasteiger partial charge in [-0.2, -0.15) is 4.99 Å². The third-order valence-electron chi connectivity index (χ3n) is 4.96. The predicted molar refractivity (Wildman–Crippen MR) is 119 cm³/mol. The summed E-state index contributed by atoms with van der Waals surface area (Å²) in [6.45, 7) is -0.188. The Balaban J connectivity index is 1.95. The molecule has 1 atom stereocenters. The largest absolute Gasteiger partial charge is 0.354 e. The molecule has 4 aromatic rings. The highest BCUT2D eigenvalue weighted by molar-refractivity contribution is 7.78. The lowest BCUT2D eigenvalue weighted by Gasteiger charge is -2.16. The lowest BCUT2D eigenvalue weighted by Crippen LogP contribution is -2.14. The van der Waals surface area contributed by atoms with Crippen LogP contribution in [0.1, 0.15) is 17.0 Å². The maximum Gasteiger partial charge on any atom is 0.214 e. The van der Waals surface area contributed by atoms with Crippen molar-refractivity contribution in [3.63, 3.8) is 0 Å². The van der Waals surface area contributed by atoms with E-state index in [2.05, 4.69) is 27.4 Å². The van der Waals surface area contributed by atoms with E-state index >= 15 is 0 Å². The van der Waals surface area contributed by atoms with Gasteiger partial charge in [-0.3, -0.25) is 10.1 Å². The van der Waals surface area contributed by atoms with E-state index in [4.69, 9.17) is 0 Å². The summed E-state index contributed by atoms with van der Waals surface area (Å²) in [5, 5.41) is 14.9. The van der Waals surface area contributed by atoms with Crippen LogP contribution < -0.4 is 0 Å². The first kappa shape index (κ1) is 18.7. The number of H-pyrrole nitrogens is 1. The van der Waals surface area contributed by atoms with Crippen LogP contribution in [0.5, 0.6) is 0 Å². The number of benzene rings is 3. The van der Waals surface area contributed by atoms with Crippen LogP contribution in [-0.4, -0.2) is 21.6 Å². The highest BCUT2D eigenvalue weighted by atomic mass is 32.1. The van der Waals surface area contributed by atoms with Gasteiger partial charge < -0.3 is 4.98 Å². The number of nitro groups is 1. The number of hydrogen-bond acceptors (Lipinski definition) is 4. The zero-order chi connectivity index (χ0) is 20.2. The summed E-state index contributed by atoms with van der Waals surface area (Å²) in [7, 11) is 0. The van der Waals surface area contributed by atoms with Crippen molar-refractivity contribution in [2.75, 3.05) is 6.54 Å². The molecule has 0 aliphatic rings. The molecule has 6 heteroatoms. The van der Waals surface area contributed by atoms with E-state index in [-0.39, 0.29) is 17.4 Å². The summed E-state index contributed by atoms with van der Waals surface area (Å²) in [5.74, 6) is -0.379. The van der Waals surface area contributed by atoms with Gasteiger partial charge in [0, 0.05) is 15.8 Å². The molecule has 0 bridgehead atoms. The topological polar surface area (TPSA) is 71.3 Å². The Hall–Kier alpha value is -3.60. The molecular weight excluding hydrogens is 382 g/mol. The fourth-order valence-corrected chi connectivity index (χ4v) is 3.81. The molecule has 0 saturated heterocycles. The summed E-state index contributed by atoms with van der Waals surface area (Å²) in [6, 6.07) is 25.1. The van der Waals surface area contributed by atoms with E-state index in [1.807, 2.05) is 78.9 Å².